The van der Waals surface area contributed by atoms with Gasteiger partial charge in [0.25, 0.3) is 0 Å². The third kappa shape index (κ3) is 3.89. The van der Waals surface area contributed by atoms with Gasteiger partial charge in [0.15, 0.2) is 0 Å². The Labute approximate surface area is 118 Å². The summed E-state index contributed by atoms with van der Waals surface area (Å²) in [5.74, 6) is -1.14. The van der Waals surface area contributed by atoms with E-state index in [1.165, 1.54) is 18.2 Å². The molecule has 1 amide bonds. The number of anilines is 2. The molecule has 6 heteroatoms. The van der Waals surface area contributed by atoms with Crippen LogP contribution in [0.15, 0.2) is 53.4 Å². The summed E-state index contributed by atoms with van der Waals surface area (Å²) in [6.45, 7) is 0. The number of hydrogen-bond acceptors (Lipinski definition) is 3. The Morgan fingerprint density at radius 1 is 1.20 bits per heavy atom. The molecule has 4 nitrogen and oxygen atoms in total. The molecule has 3 N–H and O–H groups in total. The van der Waals surface area contributed by atoms with E-state index >= 15 is 0 Å². The van der Waals surface area contributed by atoms with Crippen molar-refractivity contribution in [1.82, 2.24) is 0 Å². The predicted octanol–water partition coefficient (Wildman–Crippen LogP) is 2.15. The normalized spacial score (nSPS) is 11.8. The molecule has 104 valence electrons. The second-order valence-corrected chi connectivity index (χ2v) is 5.57. The lowest BCUT2D eigenvalue weighted by atomic mass is 10.3. The van der Waals surface area contributed by atoms with Crippen molar-refractivity contribution in [3.05, 3.63) is 54.3 Å². The monoisotopic (exact) mass is 292 g/mol. The summed E-state index contributed by atoms with van der Waals surface area (Å²) in [6, 6.07) is 12.1. The van der Waals surface area contributed by atoms with Crippen molar-refractivity contribution >= 4 is 28.1 Å². The first-order valence-electron chi connectivity index (χ1n) is 5.84. The molecular weight excluding hydrogens is 279 g/mol. The fourth-order valence-electron chi connectivity index (χ4n) is 1.62. The average Bonchev–Trinajstić information content (AvgIpc) is 2.38. The highest BCUT2D eigenvalue weighted by Crippen LogP contribution is 2.13. The van der Waals surface area contributed by atoms with E-state index in [2.05, 4.69) is 5.32 Å². The van der Waals surface area contributed by atoms with E-state index in [9.17, 15) is 13.4 Å². The highest BCUT2D eigenvalue weighted by molar-refractivity contribution is 7.85. The highest BCUT2D eigenvalue weighted by Gasteiger charge is 2.11. The summed E-state index contributed by atoms with van der Waals surface area (Å²) in [7, 11) is -1.59. The third-order valence-corrected chi connectivity index (χ3v) is 3.80. The molecule has 0 bridgehead atoms. The minimum absolute atomic E-state index is 0.238. The Kier molecular flexibility index (Phi) is 4.47. The van der Waals surface area contributed by atoms with Gasteiger partial charge in [0, 0.05) is 16.3 Å². The van der Waals surface area contributed by atoms with Crippen LogP contribution in [-0.4, -0.2) is 15.9 Å². The van der Waals surface area contributed by atoms with Crippen molar-refractivity contribution in [2.45, 2.75) is 4.90 Å². The number of benzene rings is 2. The lowest BCUT2D eigenvalue weighted by Gasteiger charge is -2.06. The summed E-state index contributed by atoms with van der Waals surface area (Å²) in [5.41, 5.74) is 6.65. The van der Waals surface area contributed by atoms with Crippen molar-refractivity contribution in [2.75, 3.05) is 16.8 Å². The van der Waals surface area contributed by atoms with Crippen LogP contribution in [0.5, 0.6) is 0 Å². The van der Waals surface area contributed by atoms with Gasteiger partial charge in [-0.15, -0.1) is 0 Å². The number of carbonyl (C=O) groups excluding carboxylic acids is 1. The van der Waals surface area contributed by atoms with Crippen LogP contribution in [-0.2, 0) is 15.6 Å². The van der Waals surface area contributed by atoms with Crippen molar-refractivity contribution in [2.24, 2.45) is 0 Å². The minimum Gasteiger partial charge on any atom is -0.399 e. The van der Waals surface area contributed by atoms with Gasteiger partial charge in [-0.2, -0.15) is 0 Å². The summed E-state index contributed by atoms with van der Waals surface area (Å²) < 4.78 is 24.9. The quantitative estimate of drug-likeness (QED) is 0.848. The number of nitrogens with one attached hydrogen (secondary N) is 1. The van der Waals surface area contributed by atoms with Crippen molar-refractivity contribution < 1.29 is 13.4 Å². The topological polar surface area (TPSA) is 72.2 Å². The van der Waals surface area contributed by atoms with Gasteiger partial charge in [-0.3, -0.25) is 9.00 Å². The predicted molar refractivity (Wildman–Crippen MR) is 77.2 cm³/mol. The first-order chi connectivity index (χ1) is 9.54. The molecule has 0 heterocycles. The zero-order valence-electron chi connectivity index (χ0n) is 10.5. The van der Waals surface area contributed by atoms with Gasteiger partial charge in [0.05, 0.1) is 10.8 Å². The number of carbonyl (C=O) groups is 1. The minimum atomic E-state index is -1.59. The van der Waals surface area contributed by atoms with E-state index < -0.39 is 22.5 Å². The maximum Gasteiger partial charge on any atom is 0.237 e. The maximum atomic E-state index is 13.0. The number of hydrogen-bond donors (Lipinski definition) is 2. The van der Waals surface area contributed by atoms with Gasteiger partial charge >= 0.3 is 0 Å². The van der Waals surface area contributed by atoms with Crippen LogP contribution in [0.4, 0.5) is 15.8 Å². The van der Waals surface area contributed by atoms with Crippen LogP contribution in [0.3, 0.4) is 0 Å². The summed E-state index contributed by atoms with van der Waals surface area (Å²) in [5, 5.41) is 2.59. The summed E-state index contributed by atoms with van der Waals surface area (Å²) in [4.78, 5) is 12.0. The van der Waals surface area contributed by atoms with E-state index in [0.717, 1.165) is 6.07 Å². The van der Waals surface area contributed by atoms with E-state index in [0.29, 0.717) is 11.4 Å². The van der Waals surface area contributed by atoms with E-state index in [4.69, 9.17) is 5.73 Å². The molecule has 0 aliphatic carbocycles. The van der Waals surface area contributed by atoms with E-state index in [1.54, 1.807) is 24.3 Å². The Balaban J connectivity index is 1.99. The first kappa shape index (κ1) is 14.2. The molecule has 0 spiro atoms. The van der Waals surface area contributed by atoms with Crippen LogP contribution >= 0.6 is 0 Å². The van der Waals surface area contributed by atoms with E-state index in [-0.39, 0.29) is 10.6 Å². The molecular formula is C14H13FN2O2S. The number of amides is 1. The van der Waals surface area contributed by atoms with E-state index in [1.807, 2.05) is 0 Å². The number of nitrogens with two attached hydrogens (primary N) is 1. The second kappa shape index (κ2) is 6.29. The van der Waals surface area contributed by atoms with Crippen LogP contribution in [0, 0.1) is 5.82 Å². The van der Waals surface area contributed by atoms with Gasteiger partial charge in [0.1, 0.15) is 11.6 Å². The Morgan fingerprint density at radius 2 is 1.95 bits per heavy atom. The van der Waals surface area contributed by atoms with Crippen LogP contribution in [0.25, 0.3) is 0 Å². The molecule has 0 saturated heterocycles. The molecule has 2 rings (SSSR count). The van der Waals surface area contributed by atoms with Gasteiger partial charge in [-0.25, -0.2) is 4.39 Å². The summed E-state index contributed by atoms with van der Waals surface area (Å²) in [6.07, 6.45) is 0. The smallest absolute Gasteiger partial charge is 0.237 e. The lowest BCUT2D eigenvalue weighted by molar-refractivity contribution is -0.113. The first-order valence-corrected chi connectivity index (χ1v) is 7.16. The number of rotatable bonds is 4. The molecule has 0 fully saturated rings. The van der Waals surface area contributed by atoms with Crippen LogP contribution in [0.1, 0.15) is 0 Å². The SMILES string of the molecule is Nc1cccc(NC(=O)CS(=O)c2cccc(F)c2)c1. The molecule has 2 aromatic rings. The molecule has 0 aromatic heterocycles. The fourth-order valence-corrected chi connectivity index (χ4v) is 2.58. The molecule has 0 aliphatic heterocycles. The fraction of sp³-hybridized carbons (Fsp3) is 0.0714. The largest absolute Gasteiger partial charge is 0.399 e. The van der Waals surface area contributed by atoms with Crippen LogP contribution in [0.2, 0.25) is 0 Å². The van der Waals surface area contributed by atoms with Gasteiger partial charge in [-0.1, -0.05) is 12.1 Å². The Bertz CT molecular complexity index is 661. The molecule has 1 unspecified atom stereocenters. The van der Waals surface area contributed by atoms with Crippen molar-refractivity contribution in [3.63, 3.8) is 0 Å². The van der Waals surface area contributed by atoms with Crippen LogP contribution < -0.4 is 11.1 Å². The van der Waals surface area contributed by atoms with Crippen molar-refractivity contribution in [3.8, 4) is 0 Å². The molecule has 0 radical (unpaired) electrons. The lowest BCUT2D eigenvalue weighted by Crippen LogP contribution is -2.19. The van der Waals surface area contributed by atoms with Crippen molar-refractivity contribution in [1.29, 1.82) is 0 Å². The maximum absolute atomic E-state index is 13.0. The summed E-state index contributed by atoms with van der Waals surface area (Å²) >= 11 is 0. The number of nitrogen functional groups attached to an aromatic ring is 1. The Hall–Kier alpha value is -2.21. The third-order valence-electron chi connectivity index (χ3n) is 2.49. The molecule has 1 atom stereocenters. The molecule has 20 heavy (non-hydrogen) atoms. The zero-order valence-corrected chi connectivity index (χ0v) is 11.3. The van der Waals surface area contributed by atoms with Gasteiger partial charge in [-0.05, 0) is 36.4 Å². The zero-order chi connectivity index (χ0) is 14.5. The second-order valence-electron chi connectivity index (χ2n) is 4.12. The molecule has 0 saturated carbocycles. The molecule has 0 aliphatic rings. The molecule has 2 aromatic carbocycles. The highest BCUT2D eigenvalue weighted by atomic mass is 32.2. The van der Waals surface area contributed by atoms with Gasteiger partial charge < -0.3 is 11.1 Å². The Morgan fingerprint density at radius 3 is 2.65 bits per heavy atom. The standard InChI is InChI=1S/C14H13FN2O2S/c15-10-3-1-6-13(7-10)20(19)9-14(18)17-12-5-2-4-11(16)8-12/h1-8H,9,16H2,(H,17,18). The number of halogens is 1. The average molecular weight is 292 g/mol. The van der Waals surface area contributed by atoms with Gasteiger partial charge in [0.2, 0.25) is 5.91 Å².